The van der Waals surface area contributed by atoms with Gasteiger partial charge in [0.15, 0.2) is 0 Å². The third kappa shape index (κ3) is 4.31. The molecule has 0 saturated heterocycles. The van der Waals surface area contributed by atoms with Gasteiger partial charge in [0.1, 0.15) is 5.75 Å². The molecule has 1 rings (SSSR count). The number of benzene rings is 1. The zero-order valence-electron chi connectivity index (χ0n) is 9.77. The van der Waals surface area contributed by atoms with E-state index in [0.717, 1.165) is 11.3 Å². The lowest BCUT2D eigenvalue weighted by Gasteiger charge is -2.03. The Morgan fingerprint density at radius 2 is 1.94 bits per heavy atom. The van der Waals surface area contributed by atoms with Crippen molar-refractivity contribution in [3.63, 3.8) is 0 Å². The van der Waals surface area contributed by atoms with Gasteiger partial charge in [-0.25, -0.2) is 0 Å². The van der Waals surface area contributed by atoms with Crippen molar-refractivity contribution in [2.24, 2.45) is 10.7 Å². The number of rotatable bonds is 6. The summed E-state index contributed by atoms with van der Waals surface area (Å²) in [6, 6.07) is 7.80. The molecule has 0 atom stereocenters. The highest BCUT2D eigenvalue weighted by molar-refractivity contribution is 5.82. The zero-order chi connectivity index (χ0) is 11.8. The molecule has 0 aliphatic heterocycles. The molecule has 0 saturated carbocycles. The van der Waals surface area contributed by atoms with Crippen LogP contribution in [0.15, 0.2) is 29.3 Å². The summed E-state index contributed by atoms with van der Waals surface area (Å²) in [6.07, 6.45) is 0.660. The molecule has 4 heteroatoms. The molecule has 2 N–H and O–H groups in total. The van der Waals surface area contributed by atoms with Crippen LogP contribution in [0, 0.1) is 0 Å². The van der Waals surface area contributed by atoms with Gasteiger partial charge < -0.3 is 15.2 Å². The molecule has 4 nitrogen and oxygen atoms in total. The van der Waals surface area contributed by atoms with Crippen LogP contribution in [0.2, 0.25) is 0 Å². The van der Waals surface area contributed by atoms with Gasteiger partial charge >= 0.3 is 0 Å². The third-order valence-corrected chi connectivity index (χ3v) is 2.15. The molecule has 1 aromatic rings. The van der Waals surface area contributed by atoms with Crippen LogP contribution in [-0.2, 0) is 11.2 Å². The van der Waals surface area contributed by atoms with Crippen molar-refractivity contribution >= 4 is 5.84 Å². The van der Waals surface area contributed by atoms with Gasteiger partial charge in [-0.3, -0.25) is 4.99 Å². The lowest BCUT2D eigenvalue weighted by atomic mass is 10.1. The summed E-state index contributed by atoms with van der Waals surface area (Å²) in [4.78, 5) is 4.19. The number of ether oxygens (including phenoxy) is 2. The van der Waals surface area contributed by atoms with Gasteiger partial charge in [-0.05, 0) is 17.7 Å². The molecular formula is C12H18N2O2. The number of aliphatic imine (C=N–C) groups is 1. The Hall–Kier alpha value is -1.55. The van der Waals surface area contributed by atoms with Crippen LogP contribution in [0.1, 0.15) is 5.56 Å². The van der Waals surface area contributed by atoms with Gasteiger partial charge in [-0.1, -0.05) is 12.1 Å². The molecule has 0 spiro atoms. The third-order valence-electron chi connectivity index (χ3n) is 2.15. The van der Waals surface area contributed by atoms with E-state index in [1.54, 1.807) is 14.2 Å². The second-order valence-corrected chi connectivity index (χ2v) is 3.39. The van der Waals surface area contributed by atoms with Crippen LogP contribution in [0.25, 0.3) is 0 Å². The lowest BCUT2D eigenvalue weighted by molar-refractivity contribution is 0.208. The molecule has 0 aromatic heterocycles. The minimum Gasteiger partial charge on any atom is -0.497 e. The maximum absolute atomic E-state index is 5.78. The number of methoxy groups -OCH3 is 2. The number of nitrogens with zero attached hydrogens (tertiary/aromatic N) is 1. The fourth-order valence-electron chi connectivity index (χ4n) is 1.29. The van der Waals surface area contributed by atoms with Gasteiger partial charge in [0.25, 0.3) is 0 Å². The van der Waals surface area contributed by atoms with E-state index in [1.165, 1.54) is 0 Å². The zero-order valence-corrected chi connectivity index (χ0v) is 9.77. The fourth-order valence-corrected chi connectivity index (χ4v) is 1.29. The van der Waals surface area contributed by atoms with Gasteiger partial charge in [-0.2, -0.15) is 0 Å². The highest BCUT2D eigenvalue weighted by atomic mass is 16.5. The molecule has 0 fully saturated rings. The van der Waals surface area contributed by atoms with Crippen LogP contribution < -0.4 is 10.5 Å². The van der Waals surface area contributed by atoms with Crippen molar-refractivity contribution in [3.8, 4) is 5.75 Å². The Morgan fingerprint density at radius 1 is 1.25 bits per heavy atom. The lowest BCUT2D eigenvalue weighted by Crippen LogP contribution is -2.16. The standard InChI is InChI=1S/C12H18N2O2/c1-15-8-7-14-12(13)9-10-3-5-11(16-2)6-4-10/h3-6H,7-9H2,1-2H3,(H2,13,14). The number of nitrogens with two attached hydrogens (primary N) is 1. The van der Waals surface area contributed by atoms with Crippen molar-refractivity contribution in [2.45, 2.75) is 6.42 Å². The number of hydrogen-bond acceptors (Lipinski definition) is 3. The summed E-state index contributed by atoms with van der Waals surface area (Å²) in [5, 5.41) is 0. The Kier molecular flexibility index (Phi) is 5.36. The molecule has 0 amide bonds. The first-order chi connectivity index (χ1) is 7.76. The first-order valence-electron chi connectivity index (χ1n) is 5.17. The molecule has 0 heterocycles. The summed E-state index contributed by atoms with van der Waals surface area (Å²) in [5.41, 5.74) is 6.90. The van der Waals surface area contributed by atoms with Crippen molar-refractivity contribution in [1.29, 1.82) is 0 Å². The van der Waals surface area contributed by atoms with E-state index in [0.29, 0.717) is 25.4 Å². The topological polar surface area (TPSA) is 56.8 Å². The van der Waals surface area contributed by atoms with E-state index in [1.807, 2.05) is 24.3 Å². The molecule has 1 aromatic carbocycles. The Labute approximate surface area is 96.1 Å². The Morgan fingerprint density at radius 3 is 2.50 bits per heavy atom. The van der Waals surface area contributed by atoms with Crippen LogP contribution in [0.5, 0.6) is 5.75 Å². The van der Waals surface area contributed by atoms with E-state index < -0.39 is 0 Å². The monoisotopic (exact) mass is 222 g/mol. The summed E-state index contributed by atoms with van der Waals surface area (Å²) < 4.78 is 9.97. The highest BCUT2D eigenvalue weighted by Crippen LogP contribution is 2.11. The average Bonchev–Trinajstić information content (AvgIpc) is 2.30. The fraction of sp³-hybridized carbons (Fsp3) is 0.417. The second-order valence-electron chi connectivity index (χ2n) is 3.39. The molecule has 0 unspecified atom stereocenters. The Bertz CT molecular complexity index is 333. The maximum Gasteiger partial charge on any atom is 0.118 e. The summed E-state index contributed by atoms with van der Waals surface area (Å²) in [6.45, 7) is 1.21. The van der Waals surface area contributed by atoms with Crippen LogP contribution in [0.3, 0.4) is 0 Å². The minimum absolute atomic E-state index is 0.601. The van der Waals surface area contributed by atoms with Crippen molar-refractivity contribution in [2.75, 3.05) is 27.4 Å². The van der Waals surface area contributed by atoms with Crippen molar-refractivity contribution < 1.29 is 9.47 Å². The number of hydrogen-bond donors (Lipinski definition) is 1. The van der Waals surface area contributed by atoms with E-state index >= 15 is 0 Å². The highest BCUT2D eigenvalue weighted by Gasteiger charge is 1.97. The van der Waals surface area contributed by atoms with E-state index in [4.69, 9.17) is 15.2 Å². The quantitative estimate of drug-likeness (QED) is 0.447. The predicted octanol–water partition coefficient (Wildman–Crippen LogP) is 1.24. The van der Waals surface area contributed by atoms with E-state index in [2.05, 4.69) is 4.99 Å². The van der Waals surface area contributed by atoms with Gasteiger partial charge in [0.2, 0.25) is 0 Å². The largest absolute Gasteiger partial charge is 0.497 e. The molecule has 16 heavy (non-hydrogen) atoms. The minimum atomic E-state index is 0.601. The molecule has 0 aliphatic carbocycles. The van der Waals surface area contributed by atoms with Gasteiger partial charge in [0.05, 0.1) is 26.1 Å². The first kappa shape index (κ1) is 12.5. The van der Waals surface area contributed by atoms with Gasteiger partial charge in [0, 0.05) is 13.5 Å². The predicted molar refractivity (Wildman–Crippen MR) is 65.1 cm³/mol. The smallest absolute Gasteiger partial charge is 0.118 e. The molecule has 0 bridgehead atoms. The second kappa shape index (κ2) is 6.85. The molecular weight excluding hydrogens is 204 g/mol. The van der Waals surface area contributed by atoms with Crippen LogP contribution in [-0.4, -0.2) is 33.2 Å². The van der Waals surface area contributed by atoms with Crippen molar-refractivity contribution in [3.05, 3.63) is 29.8 Å². The Balaban J connectivity index is 2.49. The van der Waals surface area contributed by atoms with Crippen LogP contribution >= 0.6 is 0 Å². The van der Waals surface area contributed by atoms with Gasteiger partial charge in [-0.15, -0.1) is 0 Å². The SMILES string of the molecule is COCCN=C(N)Cc1ccc(OC)cc1. The first-order valence-corrected chi connectivity index (χ1v) is 5.17. The normalized spacial score (nSPS) is 11.5. The summed E-state index contributed by atoms with van der Waals surface area (Å²) >= 11 is 0. The maximum atomic E-state index is 5.78. The molecule has 0 aliphatic rings. The summed E-state index contributed by atoms with van der Waals surface area (Å²) in [5.74, 6) is 1.47. The van der Waals surface area contributed by atoms with Crippen molar-refractivity contribution in [1.82, 2.24) is 0 Å². The van der Waals surface area contributed by atoms with E-state index in [9.17, 15) is 0 Å². The van der Waals surface area contributed by atoms with Crippen LogP contribution in [0.4, 0.5) is 0 Å². The molecule has 88 valence electrons. The summed E-state index contributed by atoms with van der Waals surface area (Å²) in [7, 11) is 3.30. The van der Waals surface area contributed by atoms with E-state index in [-0.39, 0.29) is 0 Å². The average molecular weight is 222 g/mol. The number of amidine groups is 1. The molecule has 0 radical (unpaired) electrons.